The van der Waals surface area contributed by atoms with Crippen molar-refractivity contribution < 1.29 is 15.0 Å². The predicted molar refractivity (Wildman–Crippen MR) is 110 cm³/mol. The highest BCUT2D eigenvalue weighted by Crippen LogP contribution is 2.28. The average Bonchev–Trinajstić information content (AvgIpc) is 3.16. The van der Waals surface area contributed by atoms with Gasteiger partial charge < -0.3 is 15.3 Å². The topological polar surface area (TPSA) is 89.8 Å². The molecule has 1 aliphatic rings. The highest BCUT2D eigenvalue weighted by molar-refractivity contribution is 5.61. The average molecular weight is 398 g/mol. The molecule has 4 heterocycles. The number of aromatic nitrogens is 4. The summed E-state index contributed by atoms with van der Waals surface area (Å²) in [5, 5.41) is 27.1. The van der Waals surface area contributed by atoms with E-state index >= 15 is 0 Å². The first kappa shape index (κ1) is 19.4. The number of nitrogens with zero attached hydrogens (tertiary/aromatic N) is 5. The Hall–Kier alpha value is -2.87. The van der Waals surface area contributed by atoms with Crippen molar-refractivity contribution in [2.45, 2.75) is 51.6 Å². The van der Waals surface area contributed by atoms with Gasteiger partial charge >= 0.3 is 0 Å². The molecule has 0 saturated carbocycles. The molecule has 1 saturated heterocycles. The minimum atomic E-state index is 0.191. The third-order valence-electron chi connectivity index (χ3n) is 5.62. The van der Waals surface area contributed by atoms with Crippen molar-refractivity contribution in [1.82, 2.24) is 14.6 Å². The van der Waals surface area contributed by atoms with Crippen molar-refractivity contribution >= 4 is 17.3 Å². The molecule has 1 fully saturated rings. The fourth-order valence-corrected chi connectivity index (χ4v) is 4.08. The molecule has 0 amide bonds. The number of rotatable bonds is 7. The Morgan fingerprint density at radius 1 is 1.34 bits per heavy atom. The minimum Gasteiger partial charge on any atom is -0.396 e. The second-order valence-electron chi connectivity index (χ2n) is 7.56. The summed E-state index contributed by atoms with van der Waals surface area (Å²) in [6.45, 7) is 3.81. The molecule has 1 unspecified atom stereocenters. The number of aryl methyl sites for hydroxylation is 1. The van der Waals surface area contributed by atoms with Crippen LogP contribution in [0.3, 0.4) is 0 Å². The molecule has 0 bridgehead atoms. The van der Waals surface area contributed by atoms with Gasteiger partial charge in [0, 0.05) is 53.7 Å². The highest BCUT2D eigenvalue weighted by atomic mass is 16.5. The highest BCUT2D eigenvalue weighted by Gasteiger charge is 2.24. The number of pyridine rings is 1. The molecule has 0 aromatic carbocycles. The second-order valence-corrected chi connectivity index (χ2v) is 7.56. The number of aliphatic hydroxyl groups excluding tert-OH is 1. The van der Waals surface area contributed by atoms with E-state index < -0.39 is 0 Å². The van der Waals surface area contributed by atoms with Crippen LogP contribution in [0.1, 0.15) is 43.7 Å². The fourth-order valence-electron chi connectivity index (χ4n) is 4.08. The normalized spacial score (nSPS) is 17.0. The van der Waals surface area contributed by atoms with E-state index in [0.717, 1.165) is 65.4 Å². The lowest BCUT2D eigenvalue weighted by molar-refractivity contribution is -0.905. The van der Waals surface area contributed by atoms with E-state index in [4.69, 9.17) is 4.98 Å². The zero-order chi connectivity index (χ0) is 20.2. The fraction of sp³-hybridized carbons (Fsp3) is 0.476. The smallest absolute Gasteiger partial charge is 0.227 e. The zero-order valence-corrected chi connectivity index (χ0v) is 16.8. The SMILES string of the molecule is CCc1cnn2c(NCc3ccc[n+](O)c3)cc(N3CCCCC3CCO)nc12. The molecule has 8 nitrogen and oxygen atoms in total. The molecular weight excluding hydrogens is 368 g/mol. The molecule has 1 atom stereocenters. The van der Waals surface area contributed by atoms with E-state index in [-0.39, 0.29) is 6.61 Å². The van der Waals surface area contributed by atoms with Crippen LogP contribution in [0.15, 0.2) is 36.8 Å². The molecule has 1 aliphatic heterocycles. The Balaban J connectivity index is 1.69. The van der Waals surface area contributed by atoms with E-state index in [9.17, 15) is 10.3 Å². The van der Waals surface area contributed by atoms with E-state index in [1.165, 1.54) is 6.42 Å². The van der Waals surface area contributed by atoms with Gasteiger partial charge in [-0.3, -0.25) is 5.21 Å². The predicted octanol–water partition coefficient (Wildman–Crippen LogP) is 2.17. The van der Waals surface area contributed by atoms with Gasteiger partial charge in [0.05, 0.1) is 6.20 Å². The lowest BCUT2D eigenvalue weighted by Gasteiger charge is -2.36. The van der Waals surface area contributed by atoms with Crippen LogP contribution in [-0.2, 0) is 13.0 Å². The maximum atomic E-state index is 9.65. The van der Waals surface area contributed by atoms with E-state index in [1.807, 2.05) is 22.8 Å². The summed E-state index contributed by atoms with van der Waals surface area (Å²) in [4.78, 5) is 7.29. The second kappa shape index (κ2) is 8.65. The van der Waals surface area contributed by atoms with Crippen molar-refractivity contribution in [2.24, 2.45) is 0 Å². The Morgan fingerprint density at radius 2 is 2.24 bits per heavy atom. The molecule has 0 radical (unpaired) electrons. The lowest BCUT2D eigenvalue weighted by Crippen LogP contribution is -2.40. The van der Waals surface area contributed by atoms with Crippen molar-refractivity contribution in [3.05, 3.63) is 47.9 Å². The van der Waals surface area contributed by atoms with Crippen molar-refractivity contribution in [2.75, 3.05) is 23.4 Å². The Morgan fingerprint density at radius 3 is 3.03 bits per heavy atom. The van der Waals surface area contributed by atoms with Crippen molar-refractivity contribution in [1.29, 1.82) is 0 Å². The van der Waals surface area contributed by atoms with E-state index in [0.29, 0.717) is 12.6 Å². The molecule has 0 aliphatic carbocycles. The Labute approximate surface area is 170 Å². The molecule has 3 aromatic rings. The number of hydrogen-bond donors (Lipinski definition) is 3. The van der Waals surface area contributed by atoms with Crippen LogP contribution in [-0.4, -0.2) is 44.1 Å². The third kappa shape index (κ3) is 4.12. The van der Waals surface area contributed by atoms with Crippen LogP contribution < -0.4 is 14.9 Å². The van der Waals surface area contributed by atoms with Gasteiger partial charge in [0.2, 0.25) is 12.4 Å². The molecule has 154 valence electrons. The first-order chi connectivity index (χ1) is 14.2. The first-order valence-electron chi connectivity index (χ1n) is 10.4. The van der Waals surface area contributed by atoms with E-state index in [2.05, 4.69) is 22.2 Å². The molecule has 29 heavy (non-hydrogen) atoms. The van der Waals surface area contributed by atoms with Gasteiger partial charge in [0.15, 0.2) is 5.65 Å². The number of hydrogen-bond acceptors (Lipinski definition) is 6. The molecule has 8 heteroatoms. The van der Waals surface area contributed by atoms with Crippen LogP contribution >= 0.6 is 0 Å². The lowest BCUT2D eigenvalue weighted by atomic mass is 9.99. The van der Waals surface area contributed by atoms with Crippen molar-refractivity contribution in [3.63, 3.8) is 0 Å². The van der Waals surface area contributed by atoms with Gasteiger partial charge in [-0.1, -0.05) is 6.92 Å². The molecule has 3 aromatic heterocycles. The van der Waals surface area contributed by atoms with Crippen LogP contribution in [0.4, 0.5) is 11.6 Å². The summed E-state index contributed by atoms with van der Waals surface area (Å²) < 4.78 is 2.91. The maximum Gasteiger partial charge on any atom is 0.227 e. The maximum absolute atomic E-state index is 9.65. The molecular formula is C21H29N6O2+. The van der Waals surface area contributed by atoms with Gasteiger partial charge in [-0.2, -0.15) is 9.61 Å². The quantitative estimate of drug-likeness (QED) is 0.418. The third-order valence-corrected chi connectivity index (χ3v) is 5.62. The van der Waals surface area contributed by atoms with Crippen LogP contribution in [0.5, 0.6) is 0 Å². The summed E-state index contributed by atoms with van der Waals surface area (Å²) >= 11 is 0. The van der Waals surface area contributed by atoms with Gasteiger partial charge in [-0.25, -0.2) is 4.98 Å². The van der Waals surface area contributed by atoms with E-state index in [1.54, 1.807) is 18.5 Å². The number of piperidine rings is 1. The largest absolute Gasteiger partial charge is 0.396 e. The summed E-state index contributed by atoms with van der Waals surface area (Å²) in [6.07, 6.45) is 10.2. The van der Waals surface area contributed by atoms with Crippen LogP contribution in [0.2, 0.25) is 0 Å². The standard InChI is InChI=1S/C21H29N6O2/c1-2-17-14-23-27-19(22-13-16-6-5-9-25(29)15-16)12-20(24-21(17)27)26-10-4-3-7-18(26)8-11-28/h5-6,9,12,14-15,18,22,28-29H,2-4,7-8,10-11,13H2,1H3/q+1. The summed E-state index contributed by atoms with van der Waals surface area (Å²) in [5.74, 6) is 1.80. The number of aliphatic hydroxyl groups is 1. The molecule has 4 rings (SSSR count). The number of anilines is 2. The summed E-state index contributed by atoms with van der Waals surface area (Å²) in [6, 6.07) is 6.13. The van der Waals surface area contributed by atoms with Crippen LogP contribution in [0, 0.1) is 0 Å². The number of fused-ring (bicyclic) bond motifs is 1. The van der Waals surface area contributed by atoms with Gasteiger partial charge in [0.1, 0.15) is 11.6 Å². The minimum absolute atomic E-state index is 0.191. The monoisotopic (exact) mass is 397 g/mol. The summed E-state index contributed by atoms with van der Waals surface area (Å²) in [7, 11) is 0. The molecule has 0 spiro atoms. The number of nitrogens with one attached hydrogen (secondary N) is 1. The Bertz CT molecular complexity index is 971. The van der Waals surface area contributed by atoms with Crippen molar-refractivity contribution in [3.8, 4) is 0 Å². The van der Waals surface area contributed by atoms with Gasteiger partial charge in [-0.15, -0.1) is 0 Å². The zero-order valence-electron chi connectivity index (χ0n) is 16.8. The van der Waals surface area contributed by atoms with Gasteiger partial charge in [0.25, 0.3) is 0 Å². The Kier molecular flexibility index (Phi) is 5.80. The van der Waals surface area contributed by atoms with Crippen LogP contribution in [0.25, 0.3) is 5.65 Å². The van der Waals surface area contributed by atoms with Gasteiger partial charge in [-0.05, 0) is 38.2 Å². The first-order valence-corrected chi connectivity index (χ1v) is 10.4. The summed E-state index contributed by atoms with van der Waals surface area (Å²) in [5.41, 5.74) is 2.94. The molecule has 3 N–H and O–H groups in total.